The van der Waals surface area contributed by atoms with E-state index >= 15 is 0 Å². The molecule has 0 aromatic rings. The summed E-state index contributed by atoms with van der Waals surface area (Å²) in [5.41, 5.74) is -0.490. The van der Waals surface area contributed by atoms with E-state index in [9.17, 15) is 28.8 Å². The molecule has 0 unspecified atom stereocenters. The summed E-state index contributed by atoms with van der Waals surface area (Å²) in [6.45, 7) is 14.4. The minimum absolute atomic E-state index is 0.0433. The van der Waals surface area contributed by atoms with Gasteiger partial charge in [0.1, 0.15) is 19.8 Å². The van der Waals surface area contributed by atoms with E-state index in [-0.39, 0.29) is 88.3 Å². The lowest BCUT2D eigenvalue weighted by Gasteiger charge is -2.22. The van der Waals surface area contributed by atoms with Gasteiger partial charge >= 0.3 is 24.2 Å². The summed E-state index contributed by atoms with van der Waals surface area (Å²) < 4.78 is 28.7. The Hall–Kier alpha value is -3.58. The van der Waals surface area contributed by atoms with Crippen LogP contribution >= 0.6 is 0 Å². The molecule has 0 aromatic heterocycles. The molecule has 0 radical (unpaired) electrons. The van der Waals surface area contributed by atoms with Crippen LogP contribution in [0.3, 0.4) is 0 Å². The highest BCUT2D eigenvalue weighted by Gasteiger charge is 2.22. The van der Waals surface area contributed by atoms with Crippen LogP contribution in [0.15, 0.2) is 0 Å². The van der Waals surface area contributed by atoms with Crippen LogP contribution < -0.4 is 10.6 Å². The van der Waals surface area contributed by atoms with Gasteiger partial charge in [-0.05, 0) is 0 Å². The highest BCUT2D eigenvalue weighted by Crippen LogP contribution is 2.16. The van der Waals surface area contributed by atoms with Gasteiger partial charge in [0, 0.05) is 37.5 Å². The maximum absolute atomic E-state index is 11.3. The first-order valence-corrected chi connectivity index (χ1v) is 13.0. The van der Waals surface area contributed by atoms with Crippen molar-refractivity contribution >= 4 is 36.1 Å². The molecule has 40 heavy (non-hydrogen) atoms. The molecule has 0 atom stereocenters. The zero-order chi connectivity index (χ0) is 31.1. The van der Waals surface area contributed by atoms with Gasteiger partial charge in [-0.3, -0.25) is 19.2 Å². The molecular weight excluding hydrogens is 532 g/mol. The number of amides is 2. The van der Waals surface area contributed by atoms with Crippen molar-refractivity contribution in [3.63, 3.8) is 0 Å². The van der Waals surface area contributed by atoms with Crippen molar-refractivity contribution in [3.05, 3.63) is 0 Å². The van der Waals surface area contributed by atoms with Crippen molar-refractivity contribution < 1.29 is 57.2 Å². The van der Waals surface area contributed by atoms with Gasteiger partial charge in [-0.2, -0.15) is 0 Å². The van der Waals surface area contributed by atoms with Gasteiger partial charge in [0.05, 0.1) is 32.9 Å². The molecule has 2 N–H and O–H groups in total. The molecule has 0 aliphatic heterocycles. The minimum atomic E-state index is -0.815. The SMILES string of the molecule is CC(=O)OCC(C)(C)COC(=O)OCCNC(=O)C(C)C.CC(=O)OCCCOC(=O)OCCNC(=O)C(C)C. The number of ether oxygens (including phenoxy) is 6. The predicted molar refractivity (Wildman–Crippen MR) is 142 cm³/mol. The van der Waals surface area contributed by atoms with E-state index < -0.39 is 17.7 Å². The van der Waals surface area contributed by atoms with Crippen molar-refractivity contribution in [2.45, 2.75) is 61.8 Å². The molecular formula is C26H46N2O12. The molecule has 0 aromatic carbocycles. The standard InChI is InChI=1S/C14H25NO6.C12H21NO6/c1-10(2)12(17)15-6-7-19-13(18)21-9-14(4,5)8-20-11(3)16;1-9(2)11(15)13-5-8-19-12(16)18-7-4-6-17-10(3)14/h10H,6-9H2,1-5H3,(H,15,17);9H,4-8H2,1-3H3,(H,13,15). The molecule has 0 fully saturated rings. The van der Waals surface area contributed by atoms with Crippen molar-refractivity contribution in [2.75, 3.05) is 52.7 Å². The van der Waals surface area contributed by atoms with Crippen molar-refractivity contribution in [1.29, 1.82) is 0 Å². The second-order valence-corrected chi connectivity index (χ2v) is 9.86. The Labute approximate surface area is 236 Å². The van der Waals surface area contributed by atoms with Gasteiger partial charge < -0.3 is 39.1 Å². The number of nitrogens with one attached hydrogen (secondary N) is 2. The van der Waals surface area contributed by atoms with Crippen LogP contribution in [0.25, 0.3) is 0 Å². The summed E-state index contributed by atoms with van der Waals surface area (Å²) >= 11 is 0. The van der Waals surface area contributed by atoms with E-state index in [4.69, 9.17) is 23.7 Å². The van der Waals surface area contributed by atoms with Crippen LogP contribution in [0.4, 0.5) is 9.59 Å². The average molecular weight is 579 g/mol. The van der Waals surface area contributed by atoms with Gasteiger partial charge in [0.15, 0.2) is 0 Å². The maximum Gasteiger partial charge on any atom is 0.508 e. The van der Waals surface area contributed by atoms with Crippen LogP contribution in [-0.2, 0) is 47.6 Å². The lowest BCUT2D eigenvalue weighted by molar-refractivity contribution is -0.145. The van der Waals surface area contributed by atoms with E-state index in [1.165, 1.54) is 13.8 Å². The summed E-state index contributed by atoms with van der Waals surface area (Å²) in [6.07, 6.45) is -1.20. The monoisotopic (exact) mass is 578 g/mol. The average Bonchev–Trinajstić information content (AvgIpc) is 2.86. The fourth-order valence-corrected chi connectivity index (χ4v) is 2.13. The molecule has 0 spiro atoms. The van der Waals surface area contributed by atoms with E-state index in [1.54, 1.807) is 41.5 Å². The Morgan fingerprint density at radius 3 is 1.38 bits per heavy atom. The van der Waals surface area contributed by atoms with Crippen LogP contribution in [-0.4, -0.2) is 88.8 Å². The van der Waals surface area contributed by atoms with Crippen LogP contribution in [0.1, 0.15) is 61.8 Å². The Bertz CT molecular complexity index is 797. The Balaban J connectivity index is 0. The molecule has 0 aliphatic carbocycles. The smallest absolute Gasteiger partial charge is 0.466 e. The third kappa shape index (κ3) is 26.0. The van der Waals surface area contributed by atoms with E-state index in [0.29, 0.717) is 6.42 Å². The molecule has 14 heteroatoms. The van der Waals surface area contributed by atoms with Crippen molar-refractivity contribution in [2.24, 2.45) is 17.3 Å². The predicted octanol–water partition coefficient (Wildman–Crippen LogP) is 2.37. The maximum atomic E-state index is 11.3. The van der Waals surface area contributed by atoms with Gasteiger partial charge in [0.25, 0.3) is 0 Å². The minimum Gasteiger partial charge on any atom is -0.466 e. The first kappa shape index (κ1) is 38.6. The van der Waals surface area contributed by atoms with Gasteiger partial charge in [-0.15, -0.1) is 0 Å². The third-order valence-corrected chi connectivity index (χ3v) is 4.35. The molecule has 0 saturated heterocycles. The number of rotatable bonds is 16. The number of hydrogen-bond acceptors (Lipinski definition) is 12. The van der Waals surface area contributed by atoms with Crippen LogP contribution in [0, 0.1) is 17.3 Å². The van der Waals surface area contributed by atoms with Crippen LogP contribution in [0.5, 0.6) is 0 Å². The van der Waals surface area contributed by atoms with Crippen molar-refractivity contribution in [3.8, 4) is 0 Å². The highest BCUT2D eigenvalue weighted by molar-refractivity contribution is 5.78. The first-order chi connectivity index (χ1) is 18.6. The molecule has 14 nitrogen and oxygen atoms in total. The normalized spacial score (nSPS) is 10.4. The van der Waals surface area contributed by atoms with Gasteiger partial charge in [0.2, 0.25) is 11.8 Å². The Morgan fingerprint density at radius 2 is 0.950 bits per heavy atom. The Morgan fingerprint density at radius 1 is 0.575 bits per heavy atom. The van der Waals surface area contributed by atoms with E-state index in [1.807, 2.05) is 0 Å². The van der Waals surface area contributed by atoms with E-state index in [0.717, 1.165) is 0 Å². The molecule has 0 aliphatic rings. The third-order valence-electron chi connectivity index (χ3n) is 4.35. The zero-order valence-electron chi connectivity index (χ0n) is 24.9. The summed E-state index contributed by atoms with van der Waals surface area (Å²) in [4.78, 5) is 66.0. The lowest BCUT2D eigenvalue weighted by atomic mass is 9.96. The molecule has 0 rings (SSSR count). The van der Waals surface area contributed by atoms with Crippen LogP contribution in [0.2, 0.25) is 0 Å². The molecule has 0 saturated carbocycles. The number of hydrogen-bond donors (Lipinski definition) is 2. The number of carbonyl (C=O) groups is 6. The molecule has 0 bridgehead atoms. The molecule has 2 amide bonds. The largest absolute Gasteiger partial charge is 0.508 e. The zero-order valence-corrected chi connectivity index (χ0v) is 24.9. The summed E-state index contributed by atoms with van der Waals surface area (Å²) in [5.74, 6) is -1.17. The fourth-order valence-electron chi connectivity index (χ4n) is 2.13. The summed E-state index contributed by atoms with van der Waals surface area (Å²) in [5, 5.41) is 5.21. The fraction of sp³-hybridized carbons (Fsp3) is 0.769. The van der Waals surface area contributed by atoms with E-state index in [2.05, 4.69) is 15.4 Å². The molecule has 0 heterocycles. The number of carbonyl (C=O) groups excluding carboxylic acids is 6. The lowest BCUT2D eigenvalue weighted by Crippen LogP contribution is -2.32. The summed E-state index contributed by atoms with van der Waals surface area (Å²) in [7, 11) is 0. The number of esters is 2. The topological polar surface area (TPSA) is 182 Å². The van der Waals surface area contributed by atoms with Crippen molar-refractivity contribution in [1.82, 2.24) is 10.6 Å². The van der Waals surface area contributed by atoms with Gasteiger partial charge in [-0.25, -0.2) is 9.59 Å². The first-order valence-electron chi connectivity index (χ1n) is 13.0. The Kier molecular flexibility index (Phi) is 21.5. The quantitative estimate of drug-likeness (QED) is 0.155. The second-order valence-electron chi connectivity index (χ2n) is 9.86. The highest BCUT2D eigenvalue weighted by atomic mass is 16.7. The summed E-state index contributed by atoms with van der Waals surface area (Å²) in [6, 6.07) is 0. The molecule has 232 valence electrons. The van der Waals surface area contributed by atoms with Gasteiger partial charge in [-0.1, -0.05) is 41.5 Å². The second kappa shape index (κ2) is 22.3.